The van der Waals surface area contributed by atoms with E-state index in [2.05, 4.69) is 0 Å². The number of nitro groups is 1. The van der Waals surface area contributed by atoms with Crippen LogP contribution < -0.4 is 0 Å². The average molecular weight is 173 g/mol. The van der Waals surface area contributed by atoms with Gasteiger partial charge in [-0.1, -0.05) is 0 Å². The zero-order valence-electron chi connectivity index (χ0n) is 6.80. The van der Waals surface area contributed by atoms with Crippen molar-refractivity contribution < 1.29 is 10.1 Å². The van der Waals surface area contributed by atoms with Gasteiger partial charge in [0.25, 0.3) is 0 Å². The average Bonchev–Trinajstić information content (AvgIpc) is 1.96. The molecule has 1 atom stereocenters. The highest BCUT2D eigenvalue weighted by Gasteiger charge is 2.15. The second kappa shape index (κ2) is 5.32. The summed E-state index contributed by atoms with van der Waals surface area (Å²) < 4.78 is 0. The standard InChI is InChI=1S/C6H11N3O3/c1-6(10)5-8(9(11)12)4-2-3-7/h6,10H,2,4-5H2,1H3. The molecule has 0 aromatic rings. The maximum atomic E-state index is 10.3. The Morgan fingerprint density at radius 1 is 1.83 bits per heavy atom. The maximum Gasteiger partial charge on any atom is 0.160 e. The van der Waals surface area contributed by atoms with Crippen molar-refractivity contribution in [1.29, 1.82) is 5.26 Å². The molecule has 0 heterocycles. The van der Waals surface area contributed by atoms with Crippen LogP contribution in [0.15, 0.2) is 0 Å². The minimum absolute atomic E-state index is 0.0469. The molecule has 0 saturated heterocycles. The molecule has 0 rings (SSSR count). The van der Waals surface area contributed by atoms with Gasteiger partial charge in [-0.15, -0.1) is 5.01 Å². The highest BCUT2D eigenvalue weighted by molar-refractivity contribution is 4.70. The summed E-state index contributed by atoms with van der Waals surface area (Å²) in [6.45, 7) is 1.46. The van der Waals surface area contributed by atoms with Crippen LogP contribution in [0.25, 0.3) is 0 Å². The normalized spacial score (nSPS) is 11.8. The zero-order valence-corrected chi connectivity index (χ0v) is 6.80. The third kappa shape index (κ3) is 4.46. The van der Waals surface area contributed by atoms with E-state index in [4.69, 9.17) is 10.4 Å². The van der Waals surface area contributed by atoms with Gasteiger partial charge in [0.05, 0.1) is 25.1 Å². The van der Waals surface area contributed by atoms with Crippen LogP contribution in [0.4, 0.5) is 0 Å². The molecule has 0 aromatic heterocycles. The zero-order chi connectivity index (χ0) is 9.56. The van der Waals surface area contributed by atoms with Gasteiger partial charge in [0.1, 0.15) is 6.54 Å². The Morgan fingerprint density at radius 3 is 2.75 bits per heavy atom. The summed E-state index contributed by atoms with van der Waals surface area (Å²) in [4.78, 5) is 10.3. The lowest BCUT2D eigenvalue weighted by Crippen LogP contribution is -2.36. The smallest absolute Gasteiger partial charge is 0.160 e. The Balaban J connectivity index is 3.89. The lowest BCUT2D eigenvalue weighted by Gasteiger charge is -2.13. The molecule has 0 aliphatic carbocycles. The van der Waals surface area contributed by atoms with Gasteiger partial charge in [-0.25, -0.2) is 10.1 Å². The largest absolute Gasteiger partial charge is 0.391 e. The van der Waals surface area contributed by atoms with E-state index in [1.54, 1.807) is 6.07 Å². The van der Waals surface area contributed by atoms with Gasteiger partial charge in [0, 0.05) is 0 Å². The van der Waals surface area contributed by atoms with Crippen molar-refractivity contribution in [1.82, 2.24) is 5.01 Å². The van der Waals surface area contributed by atoms with E-state index in [9.17, 15) is 10.1 Å². The number of rotatable bonds is 5. The van der Waals surface area contributed by atoms with Crippen LogP contribution in [0.3, 0.4) is 0 Å². The Kier molecular flexibility index (Phi) is 4.72. The molecule has 0 radical (unpaired) electrons. The highest BCUT2D eigenvalue weighted by Crippen LogP contribution is 1.94. The minimum atomic E-state index is -0.755. The molecule has 68 valence electrons. The lowest BCUT2D eigenvalue weighted by molar-refractivity contribution is -0.656. The third-order valence-corrected chi connectivity index (χ3v) is 1.19. The topological polar surface area (TPSA) is 90.4 Å². The first kappa shape index (κ1) is 10.7. The van der Waals surface area contributed by atoms with Crippen molar-refractivity contribution >= 4 is 0 Å². The summed E-state index contributed by atoms with van der Waals surface area (Å²) in [5.41, 5.74) is 0. The Bertz CT molecular complexity index is 187. The van der Waals surface area contributed by atoms with E-state index < -0.39 is 11.1 Å². The Morgan fingerprint density at radius 2 is 2.42 bits per heavy atom. The van der Waals surface area contributed by atoms with Crippen LogP contribution in [0.5, 0.6) is 0 Å². The van der Waals surface area contributed by atoms with Crippen molar-refractivity contribution in [3.8, 4) is 6.07 Å². The number of aliphatic hydroxyl groups excluding tert-OH is 1. The number of nitrogens with zero attached hydrogens (tertiary/aromatic N) is 3. The third-order valence-electron chi connectivity index (χ3n) is 1.19. The van der Waals surface area contributed by atoms with E-state index in [1.807, 2.05) is 0 Å². The number of hydrazine groups is 1. The van der Waals surface area contributed by atoms with Crippen LogP contribution in [-0.2, 0) is 0 Å². The van der Waals surface area contributed by atoms with Crippen molar-refractivity contribution in [3.63, 3.8) is 0 Å². The summed E-state index contributed by atoms with van der Waals surface area (Å²) in [6.07, 6.45) is -0.664. The van der Waals surface area contributed by atoms with Gasteiger partial charge in [0.15, 0.2) is 5.03 Å². The first-order valence-corrected chi connectivity index (χ1v) is 3.52. The van der Waals surface area contributed by atoms with E-state index >= 15 is 0 Å². The molecule has 6 heteroatoms. The van der Waals surface area contributed by atoms with Crippen LogP contribution in [-0.4, -0.2) is 34.3 Å². The molecule has 0 amide bonds. The monoisotopic (exact) mass is 173 g/mol. The molecule has 0 aliphatic rings. The van der Waals surface area contributed by atoms with Crippen LogP contribution >= 0.6 is 0 Å². The van der Waals surface area contributed by atoms with E-state index in [1.165, 1.54) is 6.92 Å². The molecule has 0 aromatic carbocycles. The second-order valence-electron chi connectivity index (χ2n) is 2.41. The molecule has 6 nitrogen and oxygen atoms in total. The fourth-order valence-corrected chi connectivity index (χ4v) is 0.724. The summed E-state index contributed by atoms with van der Waals surface area (Å²) in [6, 6.07) is 1.80. The molecule has 0 aliphatic heterocycles. The van der Waals surface area contributed by atoms with E-state index in [0.29, 0.717) is 0 Å². The van der Waals surface area contributed by atoms with Gasteiger partial charge in [-0.2, -0.15) is 5.26 Å². The van der Waals surface area contributed by atoms with Gasteiger partial charge in [-0.3, -0.25) is 0 Å². The van der Waals surface area contributed by atoms with Gasteiger partial charge in [0.2, 0.25) is 0 Å². The molecule has 1 N–H and O–H groups in total. The lowest BCUT2D eigenvalue weighted by atomic mass is 10.4. The van der Waals surface area contributed by atoms with E-state index in [0.717, 1.165) is 5.01 Å². The summed E-state index contributed by atoms with van der Waals surface area (Å²) in [5, 5.41) is 27.5. The van der Waals surface area contributed by atoms with Crippen LogP contribution in [0, 0.1) is 21.4 Å². The maximum absolute atomic E-state index is 10.3. The minimum Gasteiger partial charge on any atom is -0.391 e. The quantitative estimate of drug-likeness (QED) is 0.458. The fourth-order valence-electron chi connectivity index (χ4n) is 0.724. The SMILES string of the molecule is CC(O)CN(CCC#N)[N+](=O)[O-]. The summed E-state index contributed by atoms with van der Waals surface area (Å²) >= 11 is 0. The molecular formula is C6H11N3O3. The number of hydrogen-bond donors (Lipinski definition) is 1. The summed E-state index contributed by atoms with van der Waals surface area (Å²) in [5.74, 6) is 0. The molecule has 0 saturated carbocycles. The predicted octanol–water partition coefficient (Wildman–Crippen LogP) is -0.225. The number of nitriles is 1. The molecule has 12 heavy (non-hydrogen) atoms. The van der Waals surface area contributed by atoms with Gasteiger partial charge in [-0.05, 0) is 6.92 Å². The fraction of sp³-hybridized carbons (Fsp3) is 0.833. The second-order valence-corrected chi connectivity index (χ2v) is 2.41. The van der Waals surface area contributed by atoms with Crippen molar-refractivity contribution in [2.75, 3.05) is 13.1 Å². The number of hydrogen-bond acceptors (Lipinski definition) is 4. The predicted molar refractivity (Wildman–Crippen MR) is 40.5 cm³/mol. The molecule has 1 unspecified atom stereocenters. The van der Waals surface area contributed by atoms with Crippen molar-refractivity contribution in [2.45, 2.75) is 19.4 Å². The first-order valence-electron chi connectivity index (χ1n) is 3.52. The number of aliphatic hydroxyl groups is 1. The first-order chi connectivity index (χ1) is 5.57. The highest BCUT2D eigenvalue weighted by atomic mass is 16.7. The Labute approximate surface area is 70.1 Å². The van der Waals surface area contributed by atoms with Crippen molar-refractivity contribution in [2.24, 2.45) is 0 Å². The Hall–Kier alpha value is -1.35. The van der Waals surface area contributed by atoms with Gasteiger partial charge >= 0.3 is 0 Å². The van der Waals surface area contributed by atoms with Crippen LogP contribution in [0.2, 0.25) is 0 Å². The molecular weight excluding hydrogens is 162 g/mol. The van der Waals surface area contributed by atoms with Crippen LogP contribution in [0.1, 0.15) is 13.3 Å². The van der Waals surface area contributed by atoms with Crippen molar-refractivity contribution in [3.05, 3.63) is 10.1 Å². The summed E-state index contributed by atoms with van der Waals surface area (Å²) in [7, 11) is 0. The van der Waals surface area contributed by atoms with Gasteiger partial charge < -0.3 is 5.11 Å². The molecule has 0 bridgehead atoms. The molecule has 0 spiro atoms. The molecule has 0 fully saturated rings. The van der Waals surface area contributed by atoms with E-state index in [-0.39, 0.29) is 19.5 Å².